The Balaban J connectivity index is 2.06. The van der Waals surface area contributed by atoms with E-state index >= 15 is 0 Å². The maximum absolute atomic E-state index is 12.6. The standard InChI is InChI=1S/C20H25N3O2/c1-15(2)20(25)23(14-17-8-5-4-6-9-17)16(3)19(24)22-13-18-10-7-11-21-12-18/h4-12,15-16H,13-14H2,1-3H3,(H,22,24). The van der Waals surface area contributed by atoms with Gasteiger partial charge >= 0.3 is 0 Å². The lowest BCUT2D eigenvalue weighted by Crippen LogP contribution is -2.48. The predicted octanol–water partition coefficient (Wildman–Crippen LogP) is 2.77. The Morgan fingerprint density at radius 1 is 1.04 bits per heavy atom. The maximum atomic E-state index is 12.6. The van der Waals surface area contributed by atoms with E-state index in [4.69, 9.17) is 0 Å². The van der Waals surface area contributed by atoms with Gasteiger partial charge in [-0.05, 0) is 24.1 Å². The monoisotopic (exact) mass is 339 g/mol. The molecule has 0 aliphatic rings. The molecule has 25 heavy (non-hydrogen) atoms. The molecule has 2 amide bonds. The van der Waals surface area contributed by atoms with Crippen LogP contribution in [-0.4, -0.2) is 27.7 Å². The fourth-order valence-corrected chi connectivity index (χ4v) is 2.50. The van der Waals surface area contributed by atoms with Gasteiger partial charge in [-0.25, -0.2) is 0 Å². The van der Waals surface area contributed by atoms with Gasteiger partial charge in [-0.3, -0.25) is 14.6 Å². The van der Waals surface area contributed by atoms with Crippen LogP contribution in [0.1, 0.15) is 31.9 Å². The minimum Gasteiger partial charge on any atom is -0.350 e. The van der Waals surface area contributed by atoms with E-state index in [9.17, 15) is 9.59 Å². The highest BCUT2D eigenvalue weighted by atomic mass is 16.2. The van der Waals surface area contributed by atoms with Crippen molar-refractivity contribution in [2.24, 2.45) is 5.92 Å². The van der Waals surface area contributed by atoms with Crippen LogP contribution in [0.15, 0.2) is 54.9 Å². The van der Waals surface area contributed by atoms with Gasteiger partial charge in [0.25, 0.3) is 0 Å². The highest BCUT2D eigenvalue weighted by Gasteiger charge is 2.27. The molecule has 0 saturated carbocycles. The second kappa shape index (κ2) is 8.97. The Morgan fingerprint density at radius 3 is 2.32 bits per heavy atom. The van der Waals surface area contributed by atoms with Crippen LogP contribution in [0.4, 0.5) is 0 Å². The van der Waals surface area contributed by atoms with Crippen molar-refractivity contribution in [1.82, 2.24) is 15.2 Å². The van der Waals surface area contributed by atoms with Crippen molar-refractivity contribution in [2.75, 3.05) is 0 Å². The highest BCUT2D eigenvalue weighted by Crippen LogP contribution is 2.13. The molecule has 0 saturated heterocycles. The van der Waals surface area contributed by atoms with Gasteiger partial charge in [-0.2, -0.15) is 0 Å². The number of benzene rings is 1. The first kappa shape index (κ1) is 18.6. The van der Waals surface area contributed by atoms with Crippen molar-refractivity contribution in [3.8, 4) is 0 Å². The molecule has 0 aliphatic heterocycles. The van der Waals surface area contributed by atoms with Gasteiger partial charge in [-0.15, -0.1) is 0 Å². The zero-order chi connectivity index (χ0) is 18.2. The molecule has 1 heterocycles. The molecule has 132 valence electrons. The second-order valence-electron chi connectivity index (χ2n) is 6.36. The first-order valence-electron chi connectivity index (χ1n) is 8.50. The van der Waals surface area contributed by atoms with Crippen LogP contribution in [-0.2, 0) is 22.7 Å². The molecule has 0 radical (unpaired) electrons. The van der Waals surface area contributed by atoms with E-state index in [2.05, 4.69) is 10.3 Å². The molecule has 2 aromatic rings. The number of carbonyl (C=O) groups excluding carboxylic acids is 2. The van der Waals surface area contributed by atoms with Crippen molar-refractivity contribution in [1.29, 1.82) is 0 Å². The van der Waals surface area contributed by atoms with Crippen LogP contribution >= 0.6 is 0 Å². The van der Waals surface area contributed by atoms with Crippen molar-refractivity contribution >= 4 is 11.8 Å². The molecule has 2 rings (SSSR count). The number of hydrogen-bond acceptors (Lipinski definition) is 3. The molecule has 1 aromatic heterocycles. The van der Waals surface area contributed by atoms with E-state index in [-0.39, 0.29) is 17.7 Å². The number of nitrogens with one attached hydrogen (secondary N) is 1. The first-order valence-corrected chi connectivity index (χ1v) is 8.50. The van der Waals surface area contributed by atoms with E-state index in [1.54, 1.807) is 24.2 Å². The summed E-state index contributed by atoms with van der Waals surface area (Å²) >= 11 is 0. The van der Waals surface area contributed by atoms with Gasteiger partial charge in [0.2, 0.25) is 11.8 Å². The number of nitrogens with zero attached hydrogens (tertiary/aromatic N) is 2. The topological polar surface area (TPSA) is 62.3 Å². The Morgan fingerprint density at radius 2 is 1.72 bits per heavy atom. The molecule has 1 N–H and O–H groups in total. The van der Waals surface area contributed by atoms with Crippen LogP contribution in [0, 0.1) is 5.92 Å². The summed E-state index contributed by atoms with van der Waals surface area (Å²) in [5, 5.41) is 2.89. The summed E-state index contributed by atoms with van der Waals surface area (Å²) in [5.74, 6) is -0.376. The highest BCUT2D eigenvalue weighted by molar-refractivity contribution is 5.88. The third-order valence-electron chi connectivity index (χ3n) is 4.01. The smallest absolute Gasteiger partial charge is 0.242 e. The van der Waals surface area contributed by atoms with Gasteiger partial charge < -0.3 is 10.2 Å². The summed E-state index contributed by atoms with van der Waals surface area (Å²) in [4.78, 5) is 30.8. The average molecular weight is 339 g/mol. The van der Waals surface area contributed by atoms with Crippen molar-refractivity contribution in [2.45, 2.75) is 39.9 Å². The molecule has 1 atom stereocenters. The third-order valence-corrected chi connectivity index (χ3v) is 4.01. The van der Waals surface area contributed by atoms with Gasteiger partial charge in [0.05, 0.1) is 0 Å². The Bertz CT molecular complexity index is 687. The lowest BCUT2D eigenvalue weighted by Gasteiger charge is -2.30. The number of amides is 2. The predicted molar refractivity (Wildman–Crippen MR) is 97.4 cm³/mol. The molecule has 5 heteroatoms. The van der Waals surface area contributed by atoms with Crippen molar-refractivity contribution in [3.05, 3.63) is 66.0 Å². The minimum absolute atomic E-state index is 0.0344. The summed E-state index contributed by atoms with van der Waals surface area (Å²) in [5.41, 5.74) is 1.93. The average Bonchev–Trinajstić information content (AvgIpc) is 2.64. The van der Waals surface area contributed by atoms with Gasteiger partial charge in [0, 0.05) is 31.4 Å². The fourth-order valence-electron chi connectivity index (χ4n) is 2.50. The van der Waals surface area contributed by atoms with Crippen LogP contribution in [0.2, 0.25) is 0 Å². The van der Waals surface area contributed by atoms with E-state index in [1.807, 2.05) is 56.3 Å². The summed E-state index contributed by atoms with van der Waals surface area (Å²) in [6.07, 6.45) is 3.41. The van der Waals surface area contributed by atoms with Gasteiger partial charge in [0.15, 0.2) is 0 Å². The Kier molecular flexibility index (Phi) is 6.69. The molecule has 0 fully saturated rings. The quantitative estimate of drug-likeness (QED) is 0.844. The Labute approximate surface area is 149 Å². The van der Waals surface area contributed by atoms with E-state index in [1.165, 1.54) is 0 Å². The van der Waals surface area contributed by atoms with Crippen LogP contribution in [0.3, 0.4) is 0 Å². The number of hydrogen-bond donors (Lipinski definition) is 1. The van der Waals surface area contributed by atoms with E-state index in [0.29, 0.717) is 13.1 Å². The van der Waals surface area contributed by atoms with Crippen LogP contribution in [0.25, 0.3) is 0 Å². The van der Waals surface area contributed by atoms with E-state index in [0.717, 1.165) is 11.1 Å². The molecular weight excluding hydrogens is 314 g/mol. The molecule has 1 aromatic carbocycles. The molecule has 5 nitrogen and oxygen atoms in total. The zero-order valence-corrected chi connectivity index (χ0v) is 15.0. The first-order chi connectivity index (χ1) is 12.0. The lowest BCUT2D eigenvalue weighted by atomic mass is 10.1. The van der Waals surface area contributed by atoms with E-state index < -0.39 is 6.04 Å². The third kappa shape index (κ3) is 5.41. The summed E-state index contributed by atoms with van der Waals surface area (Å²) in [6, 6.07) is 12.9. The SMILES string of the molecule is CC(C)C(=O)N(Cc1ccccc1)C(C)C(=O)NCc1cccnc1. The summed E-state index contributed by atoms with van der Waals surface area (Å²) in [6.45, 7) is 6.27. The van der Waals surface area contributed by atoms with Crippen molar-refractivity contribution in [3.63, 3.8) is 0 Å². The maximum Gasteiger partial charge on any atom is 0.242 e. The van der Waals surface area contributed by atoms with Gasteiger partial charge in [0.1, 0.15) is 6.04 Å². The number of aromatic nitrogens is 1. The lowest BCUT2D eigenvalue weighted by molar-refractivity contribution is -0.143. The normalized spacial score (nSPS) is 11.8. The fraction of sp³-hybridized carbons (Fsp3) is 0.350. The molecular formula is C20H25N3O2. The summed E-state index contributed by atoms with van der Waals surface area (Å²) < 4.78 is 0. The molecule has 0 bridgehead atoms. The van der Waals surface area contributed by atoms with Crippen LogP contribution < -0.4 is 5.32 Å². The number of pyridine rings is 1. The van der Waals surface area contributed by atoms with Crippen LogP contribution in [0.5, 0.6) is 0 Å². The molecule has 1 unspecified atom stereocenters. The summed E-state index contributed by atoms with van der Waals surface area (Å²) in [7, 11) is 0. The largest absolute Gasteiger partial charge is 0.350 e. The number of carbonyl (C=O) groups is 2. The minimum atomic E-state index is -0.549. The van der Waals surface area contributed by atoms with Crippen molar-refractivity contribution < 1.29 is 9.59 Å². The molecule has 0 spiro atoms. The number of rotatable bonds is 7. The second-order valence-corrected chi connectivity index (χ2v) is 6.36. The zero-order valence-electron chi connectivity index (χ0n) is 15.0. The van der Waals surface area contributed by atoms with Gasteiger partial charge in [-0.1, -0.05) is 50.2 Å². The molecule has 0 aliphatic carbocycles. The Hall–Kier alpha value is -2.69.